The van der Waals surface area contributed by atoms with E-state index in [0.717, 1.165) is 24.8 Å². The maximum atomic E-state index is 10.4. The monoisotopic (exact) mass is 252 g/mol. The molecule has 2 aliphatic rings. The minimum atomic E-state index is -0.380. The summed E-state index contributed by atoms with van der Waals surface area (Å²) < 4.78 is 0. The number of hydrogen-bond donors (Lipinski definition) is 2. The van der Waals surface area contributed by atoms with Gasteiger partial charge in [-0.15, -0.1) is 0 Å². The molecule has 6 atom stereocenters. The van der Waals surface area contributed by atoms with Crippen LogP contribution in [-0.2, 0) is 0 Å². The minimum Gasteiger partial charge on any atom is -0.393 e. The fraction of sp³-hybridized carbons (Fsp3) is 0.875. The molecule has 0 aromatic rings. The third-order valence-electron chi connectivity index (χ3n) is 5.13. The zero-order valence-corrected chi connectivity index (χ0v) is 12.0. The van der Waals surface area contributed by atoms with Gasteiger partial charge in [-0.2, -0.15) is 0 Å². The molecule has 104 valence electrons. The first-order chi connectivity index (χ1) is 8.41. The number of aliphatic hydroxyl groups excluding tert-OH is 2. The van der Waals surface area contributed by atoms with Crippen molar-refractivity contribution in [1.29, 1.82) is 0 Å². The van der Waals surface area contributed by atoms with Gasteiger partial charge in [0.05, 0.1) is 12.2 Å². The van der Waals surface area contributed by atoms with E-state index in [1.165, 1.54) is 6.42 Å². The molecule has 0 aromatic heterocycles. The van der Waals surface area contributed by atoms with Crippen molar-refractivity contribution in [1.82, 2.24) is 0 Å². The van der Waals surface area contributed by atoms with Crippen LogP contribution in [0.3, 0.4) is 0 Å². The zero-order valence-electron chi connectivity index (χ0n) is 12.0. The molecule has 0 amide bonds. The van der Waals surface area contributed by atoms with Crippen LogP contribution >= 0.6 is 0 Å². The summed E-state index contributed by atoms with van der Waals surface area (Å²) >= 11 is 0. The van der Waals surface area contributed by atoms with Crippen LogP contribution in [0.15, 0.2) is 12.2 Å². The SMILES string of the molecule is C=C1CCC2[C@H](C[C@@H](O)[C@@H]2C(C)CC(C)C)C1O. The zero-order chi connectivity index (χ0) is 13.4. The summed E-state index contributed by atoms with van der Waals surface area (Å²) in [5.74, 6) is 2.35. The Labute approximate surface area is 111 Å². The average molecular weight is 252 g/mol. The molecule has 0 spiro atoms. The topological polar surface area (TPSA) is 40.5 Å². The molecule has 2 aliphatic carbocycles. The first-order valence-electron chi connectivity index (χ1n) is 7.45. The number of fused-ring (bicyclic) bond motifs is 1. The molecule has 3 unspecified atom stereocenters. The van der Waals surface area contributed by atoms with Gasteiger partial charge in [0.2, 0.25) is 0 Å². The van der Waals surface area contributed by atoms with Gasteiger partial charge in [-0.1, -0.05) is 27.4 Å². The van der Waals surface area contributed by atoms with Crippen LogP contribution in [0.25, 0.3) is 0 Å². The number of aliphatic hydroxyl groups is 2. The highest BCUT2D eigenvalue weighted by Gasteiger charge is 2.49. The van der Waals surface area contributed by atoms with Crippen molar-refractivity contribution < 1.29 is 10.2 Å². The van der Waals surface area contributed by atoms with Gasteiger partial charge in [-0.05, 0) is 60.8 Å². The van der Waals surface area contributed by atoms with Gasteiger partial charge in [0.15, 0.2) is 0 Å². The second-order valence-electron chi connectivity index (χ2n) is 6.96. The fourth-order valence-corrected chi connectivity index (χ4v) is 4.46. The van der Waals surface area contributed by atoms with Crippen LogP contribution in [0.1, 0.15) is 46.5 Å². The maximum Gasteiger partial charge on any atom is 0.0779 e. The van der Waals surface area contributed by atoms with Crippen LogP contribution in [-0.4, -0.2) is 22.4 Å². The summed E-state index contributed by atoms with van der Waals surface area (Å²) in [6.45, 7) is 10.7. The van der Waals surface area contributed by atoms with E-state index in [4.69, 9.17) is 0 Å². The van der Waals surface area contributed by atoms with Crippen molar-refractivity contribution in [3.8, 4) is 0 Å². The Hall–Kier alpha value is -0.340. The summed E-state index contributed by atoms with van der Waals surface area (Å²) in [7, 11) is 0. The van der Waals surface area contributed by atoms with Crippen LogP contribution in [0.5, 0.6) is 0 Å². The molecule has 0 saturated heterocycles. The van der Waals surface area contributed by atoms with Crippen molar-refractivity contribution in [3.63, 3.8) is 0 Å². The summed E-state index contributed by atoms with van der Waals surface area (Å²) in [6.07, 6.45) is 3.36. The third-order valence-corrected chi connectivity index (χ3v) is 5.13. The van der Waals surface area contributed by atoms with E-state index in [0.29, 0.717) is 23.7 Å². The highest BCUT2D eigenvalue weighted by Crippen LogP contribution is 2.50. The lowest BCUT2D eigenvalue weighted by atomic mass is 9.70. The molecule has 2 nitrogen and oxygen atoms in total. The highest BCUT2D eigenvalue weighted by molar-refractivity contribution is 5.13. The van der Waals surface area contributed by atoms with E-state index in [2.05, 4.69) is 27.4 Å². The van der Waals surface area contributed by atoms with Crippen molar-refractivity contribution >= 4 is 0 Å². The normalized spacial score (nSPS) is 42.1. The first kappa shape index (κ1) is 14.1. The second-order valence-corrected chi connectivity index (χ2v) is 6.96. The predicted molar refractivity (Wildman–Crippen MR) is 74.1 cm³/mol. The van der Waals surface area contributed by atoms with Gasteiger partial charge in [0, 0.05) is 0 Å². The summed E-state index contributed by atoms with van der Waals surface area (Å²) in [5.41, 5.74) is 0.973. The van der Waals surface area contributed by atoms with Crippen molar-refractivity contribution in [2.45, 2.75) is 58.7 Å². The second kappa shape index (κ2) is 5.34. The Morgan fingerprint density at radius 2 is 1.89 bits per heavy atom. The molecular formula is C16H28O2. The largest absolute Gasteiger partial charge is 0.393 e. The number of hydrogen-bond acceptors (Lipinski definition) is 2. The quantitative estimate of drug-likeness (QED) is 0.758. The van der Waals surface area contributed by atoms with Crippen molar-refractivity contribution in [2.75, 3.05) is 0 Å². The molecule has 0 heterocycles. The summed E-state index contributed by atoms with van der Waals surface area (Å²) in [6, 6.07) is 0. The van der Waals surface area contributed by atoms with E-state index < -0.39 is 0 Å². The van der Waals surface area contributed by atoms with E-state index in [-0.39, 0.29) is 18.1 Å². The Morgan fingerprint density at radius 3 is 2.50 bits per heavy atom. The van der Waals surface area contributed by atoms with Crippen LogP contribution < -0.4 is 0 Å². The molecule has 2 fully saturated rings. The van der Waals surface area contributed by atoms with Crippen LogP contribution in [0.4, 0.5) is 0 Å². The Morgan fingerprint density at radius 1 is 1.22 bits per heavy atom. The lowest BCUT2D eigenvalue weighted by Gasteiger charge is -2.37. The van der Waals surface area contributed by atoms with Crippen molar-refractivity contribution in [2.24, 2.45) is 29.6 Å². The molecule has 18 heavy (non-hydrogen) atoms. The first-order valence-corrected chi connectivity index (χ1v) is 7.45. The molecule has 2 saturated carbocycles. The molecule has 2 rings (SSSR count). The molecule has 0 aromatic carbocycles. The maximum absolute atomic E-state index is 10.4. The van der Waals surface area contributed by atoms with Gasteiger partial charge in [0.25, 0.3) is 0 Å². The standard InChI is InChI=1S/C16H28O2/c1-9(2)7-11(4)15-12-6-5-10(3)16(18)13(12)8-14(15)17/h9,11-18H,3,5-8H2,1-2,4H3/t11?,12?,13-,14+,15+,16?/m0/s1. The molecule has 0 bridgehead atoms. The molecule has 2 N–H and O–H groups in total. The molecule has 2 heteroatoms. The van der Waals surface area contributed by atoms with Crippen LogP contribution in [0.2, 0.25) is 0 Å². The van der Waals surface area contributed by atoms with Gasteiger partial charge in [-0.25, -0.2) is 0 Å². The van der Waals surface area contributed by atoms with E-state index >= 15 is 0 Å². The Balaban J connectivity index is 2.10. The van der Waals surface area contributed by atoms with E-state index in [9.17, 15) is 10.2 Å². The predicted octanol–water partition coefficient (Wildman–Crippen LogP) is 2.99. The summed E-state index contributed by atoms with van der Waals surface area (Å²) in [4.78, 5) is 0. The number of rotatable bonds is 3. The Kier molecular flexibility index (Phi) is 4.18. The molecular weight excluding hydrogens is 224 g/mol. The van der Waals surface area contributed by atoms with E-state index in [1.54, 1.807) is 0 Å². The lowest BCUT2D eigenvalue weighted by molar-refractivity contribution is 0.0554. The Bertz CT molecular complexity index is 310. The summed E-state index contributed by atoms with van der Waals surface area (Å²) in [5, 5.41) is 20.6. The fourth-order valence-electron chi connectivity index (χ4n) is 4.46. The van der Waals surface area contributed by atoms with Crippen molar-refractivity contribution in [3.05, 3.63) is 12.2 Å². The van der Waals surface area contributed by atoms with Gasteiger partial charge in [0.1, 0.15) is 0 Å². The lowest BCUT2D eigenvalue weighted by Crippen LogP contribution is -2.35. The molecule has 0 aliphatic heterocycles. The smallest absolute Gasteiger partial charge is 0.0779 e. The highest BCUT2D eigenvalue weighted by atomic mass is 16.3. The van der Waals surface area contributed by atoms with Gasteiger partial charge < -0.3 is 10.2 Å². The third kappa shape index (κ3) is 2.50. The average Bonchev–Trinajstić information content (AvgIpc) is 2.60. The van der Waals surface area contributed by atoms with Gasteiger partial charge >= 0.3 is 0 Å². The van der Waals surface area contributed by atoms with Crippen LogP contribution in [0, 0.1) is 29.6 Å². The molecule has 0 radical (unpaired) electrons. The van der Waals surface area contributed by atoms with E-state index in [1.807, 2.05) is 0 Å². The minimum absolute atomic E-state index is 0.228. The van der Waals surface area contributed by atoms with Gasteiger partial charge in [-0.3, -0.25) is 0 Å².